The smallest absolute Gasteiger partial charge is 0.280 e. The maximum atomic E-state index is 12.9. The molecule has 3 heterocycles. The van der Waals surface area contributed by atoms with Crippen molar-refractivity contribution in [1.29, 1.82) is 0 Å². The van der Waals surface area contributed by atoms with E-state index >= 15 is 0 Å². The van der Waals surface area contributed by atoms with Gasteiger partial charge in [-0.25, -0.2) is 4.98 Å². The van der Waals surface area contributed by atoms with Gasteiger partial charge in [0.2, 0.25) is 11.9 Å². The van der Waals surface area contributed by atoms with Gasteiger partial charge < -0.3 is 14.3 Å². The van der Waals surface area contributed by atoms with Crippen molar-refractivity contribution in [2.24, 2.45) is 5.92 Å². The molecule has 2 atom stereocenters. The van der Waals surface area contributed by atoms with Crippen molar-refractivity contribution < 1.29 is 19.1 Å². The number of nitrogens with one attached hydrogen (secondary N) is 2. The molecule has 2 fully saturated rings. The number of ether oxygens (including phenoxy) is 1. The van der Waals surface area contributed by atoms with Crippen molar-refractivity contribution >= 4 is 31.3 Å². The first-order chi connectivity index (χ1) is 19.8. The molecule has 1 amide bonds. The standard InChI is InChI=1S/C30H52N6O5Si/c1-19(2)27(38)33-29-32-26-25(28(39)34-29)31-18-36(26)24-14-35(23-12-10-9-11-13-23)15-30(16-37,41-24)17-40-42(20(3)4,21(5)6)22(7)8/h18-24,37H,9-17H2,1-8H3,(H2,32,33,34,38,39)/t24-,30+/m1/s1. The Kier molecular flexibility index (Phi) is 10.3. The fraction of sp³-hybridized carbons (Fsp3) is 0.800. The molecule has 0 spiro atoms. The Morgan fingerprint density at radius 1 is 1.14 bits per heavy atom. The van der Waals surface area contributed by atoms with Crippen molar-refractivity contribution in [3.63, 3.8) is 0 Å². The molecule has 0 unspecified atom stereocenters. The first-order valence-corrected chi connectivity index (χ1v) is 17.9. The highest BCUT2D eigenvalue weighted by Crippen LogP contribution is 2.44. The molecular weight excluding hydrogens is 552 g/mol. The van der Waals surface area contributed by atoms with Gasteiger partial charge in [-0.3, -0.25) is 29.4 Å². The number of carbonyl (C=O) groups excluding carboxylic acids is 1. The molecule has 0 aromatic carbocycles. The Morgan fingerprint density at radius 2 is 1.79 bits per heavy atom. The second-order valence-electron chi connectivity index (χ2n) is 13.6. The maximum absolute atomic E-state index is 12.9. The molecule has 4 rings (SSSR count). The van der Waals surface area contributed by atoms with Crippen LogP contribution in [0.3, 0.4) is 0 Å². The zero-order chi connectivity index (χ0) is 30.8. The Bertz CT molecular complexity index is 1250. The van der Waals surface area contributed by atoms with Gasteiger partial charge in [0.25, 0.3) is 5.56 Å². The molecular formula is C30H52N6O5Si. The van der Waals surface area contributed by atoms with E-state index < -0.39 is 25.7 Å². The normalized spacial score (nSPS) is 23.1. The Labute approximate surface area is 250 Å². The first-order valence-electron chi connectivity index (χ1n) is 15.8. The summed E-state index contributed by atoms with van der Waals surface area (Å²) in [5.41, 5.74) is 0.310. The predicted octanol–water partition coefficient (Wildman–Crippen LogP) is 4.80. The fourth-order valence-corrected chi connectivity index (χ4v) is 12.8. The number of rotatable bonds is 11. The van der Waals surface area contributed by atoms with Crippen molar-refractivity contribution in [2.45, 2.75) is 122 Å². The van der Waals surface area contributed by atoms with E-state index in [1.165, 1.54) is 19.3 Å². The van der Waals surface area contributed by atoms with Crippen LogP contribution in [0, 0.1) is 5.92 Å². The van der Waals surface area contributed by atoms with Crippen LogP contribution in [0.25, 0.3) is 11.2 Å². The van der Waals surface area contributed by atoms with Crippen molar-refractivity contribution in [2.75, 3.05) is 31.6 Å². The second kappa shape index (κ2) is 13.3. The zero-order valence-electron chi connectivity index (χ0n) is 26.8. The van der Waals surface area contributed by atoms with Crippen LogP contribution in [0.2, 0.25) is 16.6 Å². The summed E-state index contributed by atoms with van der Waals surface area (Å²) in [5, 5.41) is 13.7. The number of hydrogen-bond donors (Lipinski definition) is 3. The summed E-state index contributed by atoms with van der Waals surface area (Å²) >= 11 is 0. The van der Waals surface area contributed by atoms with Crippen LogP contribution in [0.1, 0.15) is 93.7 Å². The lowest BCUT2D eigenvalue weighted by Crippen LogP contribution is -2.62. The van der Waals surface area contributed by atoms with E-state index in [0.29, 0.717) is 48.0 Å². The van der Waals surface area contributed by atoms with E-state index in [0.717, 1.165) is 12.8 Å². The molecule has 1 aliphatic carbocycles. The number of fused-ring (bicyclic) bond motifs is 1. The fourth-order valence-electron chi connectivity index (χ4n) is 7.29. The number of aromatic amines is 1. The Balaban J connectivity index is 1.73. The second-order valence-corrected chi connectivity index (χ2v) is 19.1. The molecule has 2 aromatic heterocycles. The molecule has 0 bridgehead atoms. The van der Waals surface area contributed by atoms with Crippen molar-refractivity contribution in [3.05, 3.63) is 16.7 Å². The molecule has 1 saturated heterocycles. The van der Waals surface area contributed by atoms with Gasteiger partial charge in [-0.15, -0.1) is 0 Å². The molecule has 11 nitrogen and oxygen atoms in total. The lowest BCUT2D eigenvalue weighted by atomic mass is 9.92. The number of aliphatic hydroxyl groups is 1. The van der Waals surface area contributed by atoms with Crippen LogP contribution in [0.5, 0.6) is 0 Å². The predicted molar refractivity (Wildman–Crippen MR) is 167 cm³/mol. The summed E-state index contributed by atoms with van der Waals surface area (Å²) in [4.78, 5) is 39.3. The average molecular weight is 605 g/mol. The summed E-state index contributed by atoms with van der Waals surface area (Å²) in [7, 11) is -2.24. The van der Waals surface area contributed by atoms with Crippen molar-refractivity contribution in [3.8, 4) is 0 Å². The van der Waals surface area contributed by atoms with E-state index in [1.807, 2.05) is 0 Å². The van der Waals surface area contributed by atoms with Gasteiger partial charge in [0.05, 0.1) is 19.5 Å². The van der Waals surface area contributed by atoms with Gasteiger partial charge in [-0.1, -0.05) is 74.7 Å². The molecule has 1 aliphatic heterocycles. The van der Waals surface area contributed by atoms with Gasteiger partial charge in [-0.05, 0) is 29.5 Å². The van der Waals surface area contributed by atoms with Gasteiger partial charge in [0.15, 0.2) is 19.5 Å². The lowest BCUT2D eigenvalue weighted by Gasteiger charge is -2.51. The quantitative estimate of drug-likeness (QED) is 0.312. The van der Waals surface area contributed by atoms with E-state index in [2.05, 4.69) is 66.7 Å². The summed E-state index contributed by atoms with van der Waals surface area (Å²) in [6.45, 7) is 18.3. The number of nitrogens with zero attached hydrogens (tertiary/aromatic N) is 4. The third kappa shape index (κ3) is 6.52. The number of aromatic nitrogens is 4. The van der Waals surface area contributed by atoms with Crippen LogP contribution in [0.15, 0.2) is 11.1 Å². The number of H-pyrrole nitrogens is 1. The lowest BCUT2D eigenvalue weighted by molar-refractivity contribution is -0.217. The summed E-state index contributed by atoms with van der Waals surface area (Å²) in [6, 6.07) is 0.380. The highest BCUT2D eigenvalue weighted by molar-refractivity contribution is 6.77. The minimum absolute atomic E-state index is 0.0752. The van der Waals surface area contributed by atoms with Crippen LogP contribution in [-0.2, 0) is 14.0 Å². The molecule has 3 N–H and O–H groups in total. The monoisotopic (exact) mass is 604 g/mol. The minimum Gasteiger partial charge on any atom is -0.413 e. The number of morpholine rings is 1. The van der Waals surface area contributed by atoms with Crippen LogP contribution >= 0.6 is 0 Å². The number of anilines is 1. The van der Waals surface area contributed by atoms with Gasteiger partial charge in [0.1, 0.15) is 11.8 Å². The Hall–Kier alpha value is -2.12. The number of carbonyl (C=O) groups is 1. The largest absolute Gasteiger partial charge is 0.413 e. The molecule has 42 heavy (non-hydrogen) atoms. The number of hydrogen-bond acceptors (Lipinski definition) is 8. The highest BCUT2D eigenvalue weighted by Gasteiger charge is 2.50. The van der Waals surface area contributed by atoms with Crippen LogP contribution < -0.4 is 10.9 Å². The number of aliphatic hydroxyl groups excluding tert-OH is 1. The molecule has 236 valence electrons. The summed E-state index contributed by atoms with van der Waals surface area (Å²) in [5.74, 6) is -0.443. The third-order valence-electron chi connectivity index (χ3n) is 9.45. The van der Waals surface area contributed by atoms with E-state index in [1.54, 1.807) is 24.7 Å². The van der Waals surface area contributed by atoms with Gasteiger partial charge in [0, 0.05) is 25.0 Å². The number of amides is 1. The zero-order valence-corrected chi connectivity index (χ0v) is 27.8. The minimum atomic E-state index is -2.24. The SMILES string of the molecule is CC(C)C(=O)Nc1nc2c(ncn2[C@H]2CN(C3CCCCC3)C[C@](CO)(CO[Si](C(C)C)(C(C)C)C(C)C)O2)c(=O)[nH]1. The molecule has 12 heteroatoms. The van der Waals surface area contributed by atoms with E-state index in [4.69, 9.17) is 9.16 Å². The molecule has 2 aromatic rings. The van der Waals surface area contributed by atoms with Gasteiger partial charge >= 0.3 is 0 Å². The van der Waals surface area contributed by atoms with Crippen molar-refractivity contribution in [1.82, 2.24) is 24.4 Å². The van der Waals surface area contributed by atoms with Crippen LogP contribution in [-0.4, -0.2) is 81.7 Å². The van der Waals surface area contributed by atoms with E-state index in [9.17, 15) is 14.7 Å². The van der Waals surface area contributed by atoms with Crippen LogP contribution in [0.4, 0.5) is 5.95 Å². The highest BCUT2D eigenvalue weighted by atomic mass is 28.4. The topological polar surface area (TPSA) is 135 Å². The molecule has 1 saturated carbocycles. The Morgan fingerprint density at radius 3 is 2.36 bits per heavy atom. The average Bonchev–Trinajstić information content (AvgIpc) is 3.37. The van der Waals surface area contributed by atoms with E-state index in [-0.39, 0.29) is 29.9 Å². The molecule has 0 radical (unpaired) electrons. The maximum Gasteiger partial charge on any atom is 0.280 e. The molecule has 2 aliphatic rings. The van der Waals surface area contributed by atoms with Gasteiger partial charge in [-0.2, -0.15) is 4.98 Å². The number of imidazole rings is 1. The third-order valence-corrected chi connectivity index (χ3v) is 15.5. The first kappa shape index (κ1) is 32.8. The summed E-state index contributed by atoms with van der Waals surface area (Å²) in [6.07, 6.45) is 6.84. The summed E-state index contributed by atoms with van der Waals surface area (Å²) < 4.78 is 15.6.